The number of hydrazone groups is 1. The van der Waals surface area contributed by atoms with E-state index in [1.165, 1.54) is 5.56 Å². The molecule has 1 aliphatic heterocycles. The number of aryl methyl sites for hydroxylation is 2. The minimum Gasteiger partial charge on any atom is -0.481 e. The van der Waals surface area contributed by atoms with Crippen LogP contribution < -0.4 is 10.3 Å². The predicted molar refractivity (Wildman–Crippen MR) is 121 cm³/mol. The number of hydrogen-bond acceptors (Lipinski definition) is 4. The highest BCUT2D eigenvalue weighted by Crippen LogP contribution is 2.37. The summed E-state index contributed by atoms with van der Waals surface area (Å²) in [4.78, 5) is 24.4. The molecule has 2 N–H and O–H groups in total. The first-order valence-electron chi connectivity index (χ1n) is 10.9. The molecule has 1 heterocycles. The van der Waals surface area contributed by atoms with Crippen LogP contribution in [0.15, 0.2) is 53.6 Å². The standard InChI is InChI=1S/C25H29N3O3/c1-16-11-12-22(17(2)13-16)28-23(18-7-4-3-5-8-18)15-21(27-28)24(29)26-20-10-6-9-19(14-20)25(30)31/h3-5,7-8,11-13,19-20,23H,6,9-10,14-15H2,1-2H3,(H,26,29)(H,30,31). The first kappa shape index (κ1) is 21.1. The van der Waals surface area contributed by atoms with Crippen molar-refractivity contribution < 1.29 is 14.7 Å². The van der Waals surface area contributed by atoms with Crippen molar-refractivity contribution in [3.05, 3.63) is 65.2 Å². The van der Waals surface area contributed by atoms with E-state index in [0.717, 1.165) is 29.7 Å². The molecule has 1 amide bonds. The molecule has 3 unspecified atom stereocenters. The molecular formula is C25H29N3O3. The Bertz CT molecular complexity index is 1000. The molecule has 0 aromatic heterocycles. The smallest absolute Gasteiger partial charge is 0.306 e. The maximum atomic E-state index is 13.1. The summed E-state index contributed by atoms with van der Waals surface area (Å²) in [5.41, 5.74) is 4.89. The van der Waals surface area contributed by atoms with Crippen LogP contribution in [-0.2, 0) is 9.59 Å². The van der Waals surface area contributed by atoms with Crippen LogP contribution in [0.1, 0.15) is 54.8 Å². The monoisotopic (exact) mass is 419 g/mol. The first-order chi connectivity index (χ1) is 14.9. The number of hydrogen-bond donors (Lipinski definition) is 2. The third-order valence-electron chi connectivity index (χ3n) is 6.31. The van der Waals surface area contributed by atoms with Gasteiger partial charge in [0.25, 0.3) is 5.91 Å². The van der Waals surface area contributed by atoms with Gasteiger partial charge in [0.15, 0.2) is 0 Å². The number of benzene rings is 2. The molecule has 1 fully saturated rings. The predicted octanol–water partition coefficient (Wildman–Crippen LogP) is 4.37. The van der Waals surface area contributed by atoms with Crippen LogP contribution in [-0.4, -0.2) is 28.7 Å². The van der Waals surface area contributed by atoms with Crippen LogP contribution in [0.25, 0.3) is 0 Å². The summed E-state index contributed by atoms with van der Waals surface area (Å²) in [6.07, 6.45) is 3.30. The molecule has 1 aliphatic carbocycles. The van der Waals surface area contributed by atoms with E-state index < -0.39 is 5.97 Å². The van der Waals surface area contributed by atoms with Crippen LogP contribution in [0.5, 0.6) is 0 Å². The SMILES string of the molecule is Cc1ccc(N2N=C(C(=O)NC3CCCC(C(=O)O)C3)CC2c2ccccc2)c(C)c1. The fourth-order valence-electron chi connectivity index (χ4n) is 4.68. The first-order valence-corrected chi connectivity index (χ1v) is 10.9. The zero-order valence-electron chi connectivity index (χ0n) is 18.0. The van der Waals surface area contributed by atoms with Gasteiger partial charge in [-0.05, 0) is 50.3 Å². The van der Waals surface area contributed by atoms with Gasteiger partial charge in [-0.3, -0.25) is 14.6 Å². The van der Waals surface area contributed by atoms with Crippen molar-refractivity contribution in [1.82, 2.24) is 5.32 Å². The van der Waals surface area contributed by atoms with E-state index in [1.54, 1.807) is 0 Å². The average molecular weight is 420 g/mol. The molecule has 2 aromatic carbocycles. The number of anilines is 1. The molecule has 2 aliphatic rings. The van der Waals surface area contributed by atoms with Crippen molar-refractivity contribution >= 4 is 23.3 Å². The van der Waals surface area contributed by atoms with Crippen molar-refractivity contribution in [2.45, 2.75) is 58.0 Å². The number of aliphatic carboxylic acids is 1. The largest absolute Gasteiger partial charge is 0.481 e. The molecule has 4 rings (SSSR count). The summed E-state index contributed by atoms with van der Waals surface area (Å²) >= 11 is 0. The normalized spacial score (nSPS) is 23.4. The van der Waals surface area contributed by atoms with Gasteiger partial charge in [-0.25, -0.2) is 0 Å². The molecule has 6 heteroatoms. The Morgan fingerprint density at radius 2 is 1.87 bits per heavy atom. The lowest BCUT2D eigenvalue weighted by Crippen LogP contribution is -2.42. The van der Waals surface area contributed by atoms with Gasteiger partial charge in [0, 0.05) is 12.5 Å². The molecular weight excluding hydrogens is 390 g/mol. The van der Waals surface area contributed by atoms with E-state index in [1.807, 2.05) is 23.2 Å². The third kappa shape index (κ3) is 4.63. The van der Waals surface area contributed by atoms with Gasteiger partial charge in [0.05, 0.1) is 17.6 Å². The van der Waals surface area contributed by atoms with Crippen molar-refractivity contribution in [3.63, 3.8) is 0 Å². The van der Waals surface area contributed by atoms with Crippen molar-refractivity contribution in [2.24, 2.45) is 11.0 Å². The maximum absolute atomic E-state index is 13.1. The lowest BCUT2D eigenvalue weighted by atomic mass is 9.85. The zero-order chi connectivity index (χ0) is 22.0. The van der Waals surface area contributed by atoms with Gasteiger partial charge in [-0.1, -0.05) is 54.4 Å². The number of nitrogens with zero attached hydrogens (tertiary/aromatic N) is 2. The molecule has 0 bridgehead atoms. The Labute approximate surface area is 183 Å². The van der Waals surface area contributed by atoms with Crippen LogP contribution in [0.2, 0.25) is 0 Å². The van der Waals surface area contributed by atoms with E-state index in [2.05, 4.69) is 49.5 Å². The highest BCUT2D eigenvalue weighted by atomic mass is 16.4. The highest BCUT2D eigenvalue weighted by Gasteiger charge is 2.35. The van der Waals surface area contributed by atoms with Gasteiger partial charge < -0.3 is 10.4 Å². The minimum atomic E-state index is -0.776. The van der Waals surface area contributed by atoms with Gasteiger partial charge in [-0.15, -0.1) is 0 Å². The molecule has 31 heavy (non-hydrogen) atoms. The fraction of sp³-hybridized carbons (Fsp3) is 0.400. The molecule has 0 saturated heterocycles. The second kappa shape index (κ2) is 8.92. The van der Waals surface area contributed by atoms with Crippen molar-refractivity contribution in [2.75, 3.05) is 5.01 Å². The Morgan fingerprint density at radius 3 is 2.58 bits per heavy atom. The van der Waals surface area contributed by atoms with Crippen molar-refractivity contribution in [1.29, 1.82) is 0 Å². The second-order valence-electron chi connectivity index (χ2n) is 8.68. The van der Waals surface area contributed by atoms with Gasteiger partial charge in [0.1, 0.15) is 5.71 Å². The summed E-state index contributed by atoms with van der Waals surface area (Å²) in [6, 6.07) is 16.2. The van der Waals surface area contributed by atoms with Crippen molar-refractivity contribution in [3.8, 4) is 0 Å². The lowest BCUT2D eigenvalue weighted by molar-refractivity contribution is -0.143. The molecule has 1 saturated carbocycles. The molecule has 0 radical (unpaired) electrons. The number of carbonyl (C=O) groups excluding carboxylic acids is 1. The third-order valence-corrected chi connectivity index (χ3v) is 6.31. The summed E-state index contributed by atoms with van der Waals surface area (Å²) < 4.78 is 0. The van der Waals surface area contributed by atoms with Crippen LogP contribution in [0.4, 0.5) is 5.69 Å². The molecule has 0 spiro atoms. The van der Waals surface area contributed by atoms with Gasteiger partial charge in [-0.2, -0.15) is 5.10 Å². The molecule has 162 valence electrons. The van der Waals surface area contributed by atoms with E-state index in [9.17, 15) is 14.7 Å². The Balaban J connectivity index is 1.57. The summed E-state index contributed by atoms with van der Waals surface area (Å²) in [5, 5.41) is 19.1. The van der Waals surface area contributed by atoms with Crippen LogP contribution in [0, 0.1) is 19.8 Å². The second-order valence-corrected chi connectivity index (χ2v) is 8.68. The number of carboxylic acid groups (broad SMARTS) is 1. The summed E-state index contributed by atoms with van der Waals surface area (Å²) in [5.74, 6) is -1.35. The zero-order valence-corrected chi connectivity index (χ0v) is 18.0. The van der Waals surface area contributed by atoms with Crippen LogP contribution >= 0.6 is 0 Å². The maximum Gasteiger partial charge on any atom is 0.306 e. The number of nitrogens with one attached hydrogen (secondary N) is 1. The van der Waals surface area contributed by atoms with E-state index >= 15 is 0 Å². The quantitative estimate of drug-likeness (QED) is 0.754. The Morgan fingerprint density at radius 1 is 1.10 bits per heavy atom. The molecule has 2 aromatic rings. The fourth-order valence-corrected chi connectivity index (χ4v) is 4.68. The number of rotatable bonds is 5. The highest BCUT2D eigenvalue weighted by molar-refractivity contribution is 6.39. The lowest BCUT2D eigenvalue weighted by Gasteiger charge is -2.27. The summed E-state index contributed by atoms with van der Waals surface area (Å²) in [6.45, 7) is 4.12. The van der Waals surface area contributed by atoms with Crippen LogP contribution in [0.3, 0.4) is 0 Å². The summed E-state index contributed by atoms with van der Waals surface area (Å²) in [7, 11) is 0. The average Bonchev–Trinajstić information content (AvgIpc) is 3.20. The Kier molecular flexibility index (Phi) is 6.07. The van der Waals surface area contributed by atoms with E-state index in [0.29, 0.717) is 25.0 Å². The minimum absolute atomic E-state index is 0.0542. The molecule has 6 nitrogen and oxygen atoms in total. The topological polar surface area (TPSA) is 82.0 Å². The number of carbonyl (C=O) groups is 2. The Hall–Kier alpha value is -3.15. The number of amides is 1. The molecule has 3 atom stereocenters. The number of carboxylic acids is 1. The van der Waals surface area contributed by atoms with E-state index in [4.69, 9.17) is 5.10 Å². The van der Waals surface area contributed by atoms with E-state index in [-0.39, 0.29) is 23.9 Å². The van der Waals surface area contributed by atoms with Gasteiger partial charge in [0.2, 0.25) is 0 Å². The van der Waals surface area contributed by atoms with Gasteiger partial charge >= 0.3 is 5.97 Å².